The molecule has 2 heterocycles. The number of halogens is 2. The van der Waals surface area contributed by atoms with Crippen LogP contribution in [0.4, 0.5) is 11.4 Å². The van der Waals surface area contributed by atoms with Gasteiger partial charge < -0.3 is 14.6 Å². The molecule has 1 aliphatic rings. The Bertz CT molecular complexity index is 1190. The average Bonchev–Trinajstić information content (AvgIpc) is 3.27. The quantitative estimate of drug-likeness (QED) is 0.280. The third-order valence-electron chi connectivity index (χ3n) is 5.67. The number of hydrogen-bond donors (Lipinski definition) is 2. The van der Waals surface area contributed by atoms with Crippen LogP contribution in [0.5, 0.6) is 0 Å². The number of nitrogens with one attached hydrogen (secondary N) is 2. The largest absolute Gasteiger partial charge is 0.457 e. The summed E-state index contributed by atoms with van der Waals surface area (Å²) in [4.78, 5) is 14.7. The van der Waals surface area contributed by atoms with Crippen LogP contribution in [-0.2, 0) is 4.79 Å². The highest BCUT2D eigenvalue weighted by Crippen LogP contribution is 2.29. The number of benzene rings is 2. The Kier molecular flexibility index (Phi) is 7.93. The van der Waals surface area contributed by atoms with E-state index in [0.717, 1.165) is 17.8 Å². The highest BCUT2D eigenvalue weighted by atomic mass is 35.5. The van der Waals surface area contributed by atoms with Crippen molar-refractivity contribution in [2.24, 2.45) is 0 Å². The van der Waals surface area contributed by atoms with Crippen LogP contribution in [0.2, 0.25) is 10.0 Å². The summed E-state index contributed by atoms with van der Waals surface area (Å²) in [6, 6.07) is 17.4. The van der Waals surface area contributed by atoms with Gasteiger partial charge in [-0.1, -0.05) is 23.2 Å². The van der Waals surface area contributed by atoms with Crippen LogP contribution < -0.4 is 15.5 Å². The molecule has 3 aromatic rings. The van der Waals surface area contributed by atoms with E-state index in [-0.39, 0.29) is 11.0 Å². The van der Waals surface area contributed by atoms with Gasteiger partial charge in [-0.25, -0.2) is 0 Å². The fourth-order valence-electron chi connectivity index (χ4n) is 3.99. The summed E-state index contributed by atoms with van der Waals surface area (Å²) in [5.41, 5.74) is 2.78. The number of rotatable bonds is 5. The van der Waals surface area contributed by atoms with E-state index in [2.05, 4.69) is 34.6 Å². The minimum Gasteiger partial charge on any atom is -0.457 e. The zero-order valence-corrected chi connectivity index (χ0v) is 21.0. The Hall–Kier alpha value is -2.80. The molecule has 0 spiro atoms. The molecular formula is C26H25Cl2N3O2S. The fourth-order valence-corrected chi connectivity index (χ4v) is 4.73. The van der Waals surface area contributed by atoms with Crippen LogP contribution in [0.1, 0.15) is 31.9 Å². The molecule has 34 heavy (non-hydrogen) atoms. The first-order valence-electron chi connectivity index (χ1n) is 11.1. The lowest BCUT2D eigenvalue weighted by molar-refractivity contribution is -0.115. The monoisotopic (exact) mass is 513 g/mol. The Morgan fingerprint density at radius 2 is 1.82 bits per heavy atom. The normalized spacial score (nSPS) is 16.0. The van der Waals surface area contributed by atoms with E-state index >= 15 is 0 Å². The number of nitrogens with zero attached hydrogens (tertiary/aromatic N) is 1. The smallest absolute Gasteiger partial charge is 0.250 e. The molecule has 0 aliphatic carbocycles. The Balaban J connectivity index is 1.30. The van der Waals surface area contributed by atoms with E-state index in [4.69, 9.17) is 39.8 Å². The van der Waals surface area contributed by atoms with Crippen molar-refractivity contribution in [2.45, 2.75) is 32.2 Å². The number of anilines is 2. The van der Waals surface area contributed by atoms with Crippen molar-refractivity contribution in [1.29, 1.82) is 0 Å². The van der Waals surface area contributed by atoms with Crippen molar-refractivity contribution in [3.8, 4) is 11.3 Å². The van der Waals surface area contributed by atoms with Crippen molar-refractivity contribution >= 4 is 63.9 Å². The molecule has 1 aromatic heterocycles. The molecule has 2 N–H and O–H groups in total. The summed E-state index contributed by atoms with van der Waals surface area (Å²) >= 11 is 17.4. The Morgan fingerprint density at radius 3 is 2.53 bits per heavy atom. The fraction of sp³-hybridized carbons (Fsp3) is 0.231. The lowest BCUT2D eigenvalue weighted by Gasteiger charge is -2.35. The lowest BCUT2D eigenvalue weighted by Crippen LogP contribution is -2.37. The predicted molar refractivity (Wildman–Crippen MR) is 145 cm³/mol. The maximum atomic E-state index is 12.3. The summed E-state index contributed by atoms with van der Waals surface area (Å²) in [6.45, 7) is 3.35. The van der Waals surface area contributed by atoms with Gasteiger partial charge in [0.15, 0.2) is 5.11 Å². The van der Waals surface area contributed by atoms with Crippen molar-refractivity contribution in [3.63, 3.8) is 0 Å². The van der Waals surface area contributed by atoms with Gasteiger partial charge in [0.2, 0.25) is 5.91 Å². The SMILES string of the molecule is C[C@H]1CCCCN1c1ccc(NC(=S)NC(=O)/C=C/c2ccc(-c3cc(Cl)cc(Cl)c3)o2)cc1. The Morgan fingerprint density at radius 1 is 1.09 bits per heavy atom. The number of carbonyl (C=O) groups excluding carboxylic acids is 1. The van der Waals surface area contributed by atoms with E-state index < -0.39 is 0 Å². The van der Waals surface area contributed by atoms with Crippen LogP contribution in [-0.4, -0.2) is 23.6 Å². The molecular weight excluding hydrogens is 489 g/mol. The molecule has 1 saturated heterocycles. The van der Waals surface area contributed by atoms with Gasteiger partial charge in [0.1, 0.15) is 11.5 Å². The molecule has 1 amide bonds. The number of amides is 1. The van der Waals surface area contributed by atoms with Gasteiger partial charge in [-0.2, -0.15) is 0 Å². The zero-order valence-electron chi connectivity index (χ0n) is 18.7. The van der Waals surface area contributed by atoms with E-state index in [1.165, 1.54) is 31.0 Å². The predicted octanol–water partition coefficient (Wildman–Crippen LogP) is 7.16. The van der Waals surface area contributed by atoms with Crippen LogP contribution in [0.15, 0.2) is 65.1 Å². The second kappa shape index (κ2) is 11.1. The first-order valence-corrected chi connectivity index (χ1v) is 12.3. The van der Waals surface area contributed by atoms with Gasteiger partial charge in [-0.3, -0.25) is 10.1 Å². The summed E-state index contributed by atoms with van der Waals surface area (Å²) in [5, 5.41) is 6.96. The molecule has 176 valence electrons. The molecule has 1 atom stereocenters. The van der Waals surface area contributed by atoms with E-state index in [0.29, 0.717) is 27.6 Å². The number of piperidine rings is 1. The van der Waals surface area contributed by atoms with Gasteiger partial charge in [-0.15, -0.1) is 0 Å². The minimum atomic E-state index is -0.361. The maximum absolute atomic E-state index is 12.3. The molecule has 0 bridgehead atoms. The topological polar surface area (TPSA) is 57.5 Å². The molecule has 0 radical (unpaired) electrons. The highest BCUT2D eigenvalue weighted by molar-refractivity contribution is 7.80. The zero-order chi connectivity index (χ0) is 24.1. The lowest BCUT2D eigenvalue weighted by atomic mass is 10.0. The van der Waals surface area contributed by atoms with Crippen LogP contribution >= 0.6 is 35.4 Å². The number of thiocarbonyl (C=S) groups is 1. The second-order valence-electron chi connectivity index (χ2n) is 8.22. The molecule has 0 unspecified atom stereocenters. The minimum absolute atomic E-state index is 0.224. The van der Waals surface area contributed by atoms with Crippen molar-refractivity contribution in [3.05, 3.63) is 76.5 Å². The first kappa shape index (κ1) is 24.3. The highest BCUT2D eigenvalue weighted by Gasteiger charge is 2.18. The Labute approximate surface area is 214 Å². The summed E-state index contributed by atoms with van der Waals surface area (Å²) in [5.74, 6) is 0.756. The van der Waals surface area contributed by atoms with Crippen molar-refractivity contribution < 1.29 is 9.21 Å². The molecule has 0 saturated carbocycles. The maximum Gasteiger partial charge on any atom is 0.250 e. The van der Waals surface area contributed by atoms with Gasteiger partial charge in [-0.05, 0) is 99.1 Å². The average molecular weight is 514 g/mol. The molecule has 2 aromatic carbocycles. The summed E-state index contributed by atoms with van der Waals surface area (Å²) < 4.78 is 5.76. The number of furan rings is 1. The van der Waals surface area contributed by atoms with Crippen LogP contribution in [0.25, 0.3) is 17.4 Å². The summed E-state index contributed by atoms with van der Waals surface area (Å²) in [7, 11) is 0. The molecule has 1 aliphatic heterocycles. The van der Waals surface area contributed by atoms with Gasteiger partial charge in [0, 0.05) is 45.6 Å². The van der Waals surface area contributed by atoms with E-state index in [1.807, 2.05) is 12.1 Å². The van der Waals surface area contributed by atoms with Crippen LogP contribution in [0.3, 0.4) is 0 Å². The third kappa shape index (κ3) is 6.41. The number of hydrogen-bond acceptors (Lipinski definition) is 4. The van der Waals surface area contributed by atoms with E-state index in [9.17, 15) is 4.79 Å². The van der Waals surface area contributed by atoms with Gasteiger partial charge in [0.25, 0.3) is 0 Å². The standard InChI is InChI=1S/C26H25Cl2N3O2S/c1-17-4-2-3-13-31(17)22-7-5-21(6-8-22)29-26(34)30-25(32)12-10-23-9-11-24(33-23)18-14-19(27)16-20(28)15-18/h5-12,14-17H,2-4,13H2,1H3,(H2,29,30,32,34)/b12-10+/t17-/m0/s1. The molecule has 8 heteroatoms. The van der Waals surface area contributed by atoms with Crippen molar-refractivity contribution in [2.75, 3.05) is 16.8 Å². The van der Waals surface area contributed by atoms with Crippen LogP contribution in [0, 0.1) is 0 Å². The van der Waals surface area contributed by atoms with Gasteiger partial charge >= 0.3 is 0 Å². The molecule has 5 nitrogen and oxygen atoms in total. The second-order valence-corrected chi connectivity index (χ2v) is 9.50. The third-order valence-corrected chi connectivity index (χ3v) is 6.31. The van der Waals surface area contributed by atoms with E-state index in [1.54, 1.807) is 36.4 Å². The molecule has 1 fully saturated rings. The van der Waals surface area contributed by atoms with Crippen molar-refractivity contribution in [1.82, 2.24) is 5.32 Å². The number of carbonyl (C=O) groups is 1. The summed E-state index contributed by atoms with van der Waals surface area (Å²) in [6.07, 6.45) is 6.67. The molecule has 4 rings (SSSR count). The first-order chi connectivity index (χ1) is 16.4. The van der Waals surface area contributed by atoms with Gasteiger partial charge in [0.05, 0.1) is 0 Å².